The topological polar surface area (TPSA) is 24.5 Å². The van der Waals surface area contributed by atoms with Crippen LogP contribution < -0.4 is 5.32 Å². The highest BCUT2D eigenvalue weighted by Crippen LogP contribution is 2.34. The number of likely N-dealkylation sites (N-methyl/N-ethyl adjacent to an activating group) is 2. The third-order valence-corrected chi connectivity index (χ3v) is 4.04. The van der Waals surface area contributed by atoms with Gasteiger partial charge in [0.05, 0.1) is 18.8 Å². The van der Waals surface area contributed by atoms with Crippen LogP contribution in [0.4, 0.5) is 0 Å². The summed E-state index contributed by atoms with van der Waals surface area (Å²) in [6.45, 7) is 5.52. The molecule has 2 rings (SSSR count). The van der Waals surface area contributed by atoms with Gasteiger partial charge in [0.25, 0.3) is 0 Å². The first-order valence-electron chi connectivity index (χ1n) is 6.61. The normalized spacial score (nSPS) is 24.6. The molecule has 1 aliphatic heterocycles. The molecule has 5 heteroatoms. The molecule has 106 valence electrons. The molecule has 0 radical (unpaired) electrons. The van der Waals surface area contributed by atoms with Crippen molar-refractivity contribution >= 4 is 23.2 Å². The highest BCUT2D eigenvalue weighted by atomic mass is 35.5. The molecule has 0 amide bonds. The van der Waals surface area contributed by atoms with Crippen LogP contribution in [-0.2, 0) is 4.74 Å². The average Bonchev–Trinajstić information content (AvgIpc) is 2.37. The van der Waals surface area contributed by atoms with Crippen LogP contribution >= 0.6 is 23.2 Å². The highest BCUT2D eigenvalue weighted by Gasteiger charge is 2.32. The van der Waals surface area contributed by atoms with E-state index >= 15 is 0 Å². The number of nitrogens with zero attached hydrogens (tertiary/aromatic N) is 1. The molecule has 1 aliphatic rings. The van der Waals surface area contributed by atoms with Gasteiger partial charge in [0.2, 0.25) is 0 Å². The van der Waals surface area contributed by atoms with E-state index in [0.29, 0.717) is 10.0 Å². The Labute approximate surface area is 124 Å². The molecule has 0 bridgehead atoms. The molecule has 1 aromatic rings. The standard InChI is InChI=1S/C14H20Cl2N2O/c1-3-17-9-13-14(18(2)6-7-19-13)11-5-4-10(15)8-12(11)16/h4-5,8,13-14,17H,3,6-7,9H2,1-2H3. The predicted molar refractivity (Wildman–Crippen MR) is 80.1 cm³/mol. The van der Waals surface area contributed by atoms with Crippen LogP contribution in [-0.4, -0.2) is 44.3 Å². The van der Waals surface area contributed by atoms with E-state index in [1.165, 1.54) is 0 Å². The number of hydrogen-bond acceptors (Lipinski definition) is 3. The first-order valence-corrected chi connectivity index (χ1v) is 7.36. The third kappa shape index (κ3) is 3.61. The summed E-state index contributed by atoms with van der Waals surface area (Å²) in [6.07, 6.45) is 0.109. The summed E-state index contributed by atoms with van der Waals surface area (Å²) in [7, 11) is 2.11. The molecule has 1 N–H and O–H groups in total. The molecule has 0 saturated carbocycles. The molecule has 0 aliphatic carbocycles. The van der Waals surface area contributed by atoms with E-state index in [2.05, 4.69) is 24.2 Å². The maximum absolute atomic E-state index is 6.34. The lowest BCUT2D eigenvalue weighted by Crippen LogP contribution is -2.47. The van der Waals surface area contributed by atoms with Crippen molar-refractivity contribution in [3.8, 4) is 0 Å². The van der Waals surface area contributed by atoms with Gasteiger partial charge in [-0.25, -0.2) is 0 Å². The number of nitrogens with one attached hydrogen (secondary N) is 1. The van der Waals surface area contributed by atoms with E-state index in [1.54, 1.807) is 6.07 Å². The van der Waals surface area contributed by atoms with Crippen molar-refractivity contribution in [2.75, 3.05) is 33.3 Å². The smallest absolute Gasteiger partial charge is 0.0896 e. The molecule has 2 atom stereocenters. The van der Waals surface area contributed by atoms with Crippen LogP contribution in [0.25, 0.3) is 0 Å². The van der Waals surface area contributed by atoms with Gasteiger partial charge in [-0.1, -0.05) is 36.2 Å². The quantitative estimate of drug-likeness (QED) is 0.925. The predicted octanol–water partition coefficient (Wildman–Crippen LogP) is 2.97. The molecule has 19 heavy (non-hydrogen) atoms. The van der Waals surface area contributed by atoms with Gasteiger partial charge in [0.1, 0.15) is 0 Å². The van der Waals surface area contributed by atoms with E-state index in [-0.39, 0.29) is 12.1 Å². The number of ether oxygens (including phenoxy) is 1. The average molecular weight is 303 g/mol. The lowest BCUT2D eigenvalue weighted by atomic mass is 9.98. The number of rotatable bonds is 4. The second-order valence-electron chi connectivity index (χ2n) is 4.81. The zero-order chi connectivity index (χ0) is 13.8. The molecule has 0 spiro atoms. The molecule has 3 nitrogen and oxygen atoms in total. The Balaban J connectivity index is 2.25. The fourth-order valence-electron chi connectivity index (χ4n) is 2.50. The van der Waals surface area contributed by atoms with E-state index in [0.717, 1.165) is 31.8 Å². The summed E-state index contributed by atoms with van der Waals surface area (Å²) in [4.78, 5) is 2.29. The Hall–Kier alpha value is -0.320. The first kappa shape index (κ1) is 15.1. The minimum Gasteiger partial charge on any atom is -0.374 e. The van der Waals surface area contributed by atoms with Crippen molar-refractivity contribution in [3.63, 3.8) is 0 Å². The van der Waals surface area contributed by atoms with Crippen molar-refractivity contribution in [1.29, 1.82) is 0 Å². The lowest BCUT2D eigenvalue weighted by Gasteiger charge is -2.40. The largest absolute Gasteiger partial charge is 0.374 e. The summed E-state index contributed by atoms with van der Waals surface area (Å²) in [5.41, 5.74) is 1.08. The van der Waals surface area contributed by atoms with E-state index < -0.39 is 0 Å². The van der Waals surface area contributed by atoms with Crippen molar-refractivity contribution in [1.82, 2.24) is 10.2 Å². The number of benzene rings is 1. The van der Waals surface area contributed by atoms with Gasteiger partial charge in [0, 0.05) is 23.1 Å². The summed E-state index contributed by atoms with van der Waals surface area (Å²) in [5, 5.41) is 4.72. The lowest BCUT2D eigenvalue weighted by molar-refractivity contribution is -0.0611. The summed E-state index contributed by atoms with van der Waals surface area (Å²) < 4.78 is 5.91. The Kier molecular flexibility index (Phi) is 5.48. The third-order valence-electron chi connectivity index (χ3n) is 3.48. The number of morpholine rings is 1. The molecule has 1 aromatic carbocycles. The van der Waals surface area contributed by atoms with Gasteiger partial charge in [-0.05, 0) is 31.3 Å². The molecular formula is C14H20Cl2N2O. The second kappa shape index (κ2) is 6.91. The molecule has 1 heterocycles. The minimum atomic E-state index is 0.109. The first-order chi connectivity index (χ1) is 9.13. The Morgan fingerprint density at radius 3 is 2.89 bits per heavy atom. The van der Waals surface area contributed by atoms with Crippen LogP contribution in [0.1, 0.15) is 18.5 Å². The zero-order valence-electron chi connectivity index (χ0n) is 11.3. The van der Waals surface area contributed by atoms with Gasteiger partial charge < -0.3 is 10.1 Å². The second-order valence-corrected chi connectivity index (χ2v) is 5.65. The van der Waals surface area contributed by atoms with Gasteiger partial charge in [0.15, 0.2) is 0 Å². The summed E-state index contributed by atoms with van der Waals surface area (Å²) >= 11 is 12.3. The van der Waals surface area contributed by atoms with Crippen LogP contribution in [0.3, 0.4) is 0 Å². The van der Waals surface area contributed by atoms with Crippen molar-refractivity contribution in [3.05, 3.63) is 33.8 Å². The van der Waals surface area contributed by atoms with E-state index in [1.807, 2.05) is 12.1 Å². The van der Waals surface area contributed by atoms with Crippen molar-refractivity contribution < 1.29 is 4.74 Å². The van der Waals surface area contributed by atoms with Crippen molar-refractivity contribution in [2.24, 2.45) is 0 Å². The van der Waals surface area contributed by atoms with Crippen LogP contribution in [0.2, 0.25) is 10.0 Å². The van der Waals surface area contributed by atoms with Crippen LogP contribution in [0.5, 0.6) is 0 Å². The molecule has 1 fully saturated rings. The SMILES string of the molecule is CCNCC1OCCN(C)C1c1ccc(Cl)cc1Cl. The van der Waals surface area contributed by atoms with Gasteiger partial charge in [-0.2, -0.15) is 0 Å². The maximum Gasteiger partial charge on any atom is 0.0896 e. The summed E-state index contributed by atoms with van der Waals surface area (Å²) in [5.74, 6) is 0. The van der Waals surface area contributed by atoms with Gasteiger partial charge in [-0.3, -0.25) is 4.90 Å². The number of hydrogen-bond donors (Lipinski definition) is 1. The molecule has 0 aromatic heterocycles. The Bertz CT molecular complexity index is 428. The fraction of sp³-hybridized carbons (Fsp3) is 0.571. The minimum absolute atomic E-state index is 0.109. The zero-order valence-corrected chi connectivity index (χ0v) is 12.8. The van der Waals surface area contributed by atoms with Crippen molar-refractivity contribution in [2.45, 2.75) is 19.1 Å². The Morgan fingerprint density at radius 2 is 2.21 bits per heavy atom. The fourth-order valence-corrected chi connectivity index (χ4v) is 3.02. The van der Waals surface area contributed by atoms with Crippen LogP contribution in [0, 0.1) is 0 Å². The molecular weight excluding hydrogens is 283 g/mol. The molecule has 1 saturated heterocycles. The highest BCUT2D eigenvalue weighted by molar-refractivity contribution is 6.35. The van der Waals surface area contributed by atoms with Gasteiger partial charge in [-0.15, -0.1) is 0 Å². The van der Waals surface area contributed by atoms with Crippen LogP contribution in [0.15, 0.2) is 18.2 Å². The maximum atomic E-state index is 6.34. The monoisotopic (exact) mass is 302 g/mol. The summed E-state index contributed by atoms with van der Waals surface area (Å²) in [6, 6.07) is 5.85. The van der Waals surface area contributed by atoms with E-state index in [9.17, 15) is 0 Å². The Morgan fingerprint density at radius 1 is 1.42 bits per heavy atom. The van der Waals surface area contributed by atoms with Gasteiger partial charge >= 0.3 is 0 Å². The molecule has 2 unspecified atom stereocenters. The van der Waals surface area contributed by atoms with E-state index in [4.69, 9.17) is 27.9 Å². The number of halogens is 2.